The molecule has 0 bridgehead atoms. The molecule has 0 unspecified atom stereocenters. The molecule has 0 spiro atoms. The summed E-state index contributed by atoms with van der Waals surface area (Å²) in [4.78, 5) is 47.5. The van der Waals surface area contributed by atoms with E-state index < -0.39 is 17.4 Å². The molecule has 1 aromatic carbocycles. The summed E-state index contributed by atoms with van der Waals surface area (Å²) in [6.07, 6.45) is 3.08. The third-order valence-corrected chi connectivity index (χ3v) is 5.36. The lowest BCUT2D eigenvalue weighted by atomic mass is 9.92. The molecule has 2 aromatic rings. The zero-order chi connectivity index (χ0) is 21.1. The number of benzene rings is 1. The predicted octanol–water partition coefficient (Wildman–Crippen LogP) is 2.22. The number of fused-ring (bicyclic) bond motifs is 1. The molecule has 2 aliphatic rings. The number of aromatic amines is 1. The molecule has 9 heteroatoms. The smallest absolute Gasteiger partial charge is 0.258 e. The Balaban J connectivity index is 1.64. The lowest BCUT2D eigenvalue weighted by molar-refractivity contribution is -0.123. The number of piperidine rings is 1. The summed E-state index contributed by atoms with van der Waals surface area (Å²) in [5.41, 5.74) is 0.270. The third-order valence-electron chi connectivity index (χ3n) is 5.36. The van der Waals surface area contributed by atoms with Gasteiger partial charge in [-0.2, -0.15) is 4.98 Å². The van der Waals surface area contributed by atoms with Crippen molar-refractivity contribution in [3.8, 4) is 5.75 Å². The number of carbonyl (C=O) groups is 2. The fourth-order valence-corrected chi connectivity index (χ4v) is 3.91. The highest BCUT2D eigenvalue weighted by atomic mass is 16.5. The number of H-pyrrole nitrogens is 1. The Morgan fingerprint density at radius 1 is 1.23 bits per heavy atom. The van der Waals surface area contributed by atoms with Gasteiger partial charge in [0.1, 0.15) is 11.6 Å². The van der Waals surface area contributed by atoms with E-state index in [2.05, 4.69) is 20.6 Å². The summed E-state index contributed by atoms with van der Waals surface area (Å²) in [7, 11) is 0. The van der Waals surface area contributed by atoms with Crippen molar-refractivity contribution in [3.63, 3.8) is 0 Å². The first-order chi connectivity index (χ1) is 14.6. The summed E-state index contributed by atoms with van der Waals surface area (Å²) in [5.74, 6) is -0.605. The Morgan fingerprint density at radius 2 is 2.00 bits per heavy atom. The lowest BCUT2D eigenvalue weighted by Gasteiger charge is -2.29. The number of aromatic nitrogens is 2. The molecule has 30 heavy (non-hydrogen) atoms. The average molecular weight is 411 g/mol. The van der Waals surface area contributed by atoms with Crippen LogP contribution in [0.25, 0.3) is 0 Å². The molecular formula is C21H25N5O4. The number of rotatable bonds is 5. The van der Waals surface area contributed by atoms with Crippen molar-refractivity contribution in [1.29, 1.82) is 0 Å². The topological polar surface area (TPSA) is 116 Å². The van der Waals surface area contributed by atoms with E-state index in [-0.39, 0.29) is 23.7 Å². The van der Waals surface area contributed by atoms with E-state index in [0.29, 0.717) is 24.0 Å². The van der Waals surface area contributed by atoms with Gasteiger partial charge in [-0.25, -0.2) is 0 Å². The van der Waals surface area contributed by atoms with Gasteiger partial charge in [0.2, 0.25) is 17.8 Å². The van der Waals surface area contributed by atoms with E-state index in [1.165, 1.54) is 0 Å². The number of carbonyl (C=O) groups excluding carboxylic acids is 2. The minimum Gasteiger partial charge on any atom is -0.492 e. The van der Waals surface area contributed by atoms with Gasteiger partial charge in [0.25, 0.3) is 5.56 Å². The van der Waals surface area contributed by atoms with E-state index in [1.807, 2.05) is 11.8 Å². The van der Waals surface area contributed by atoms with E-state index >= 15 is 0 Å². The minimum absolute atomic E-state index is 0.122. The second kappa shape index (κ2) is 8.56. The average Bonchev–Trinajstić information content (AvgIpc) is 2.75. The molecule has 1 atom stereocenters. The Hall–Kier alpha value is -3.36. The van der Waals surface area contributed by atoms with E-state index in [9.17, 15) is 14.4 Å². The predicted molar refractivity (Wildman–Crippen MR) is 113 cm³/mol. The van der Waals surface area contributed by atoms with Crippen LogP contribution >= 0.6 is 0 Å². The zero-order valence-electron chi connectivity index (χ0n) is 16.9. The highest BCUT2D eigenvalue weighted by molar-refractivity contribution is 6.04. The summed E-state index contributed by atoms with van der Waals surface area (Å²) in [6.45, 7) is 3.90. The highest BCUT2D eigenvalue weighted by Crippen LogP contribution is 2.32. The molecule has 3 N–H and O–H groups in total. The monoisotopic (exact) mass is 411 g/mol. The first-order valence-electron chi connectivity index (χ1n) is 10.3. The van der Waals surface area contributed by atoms with Gasteiger partial charge in [-0.05, 0) is 38.3 Å². The van der Waals surface area contributed by atoms with Crippen molar-refractivity contribution in [2.75, 3.05) is 35.2 Å². The first-order valence-corrected chi connectivity index (χ1v) is 10.3. The standard InChI is InChI=1S/C21H25N5O4/c1-2-30-15-9-5-4-8-14(15)22-19(28)13-12-16(27)23-18-17(13)20(29)25-21(24-18)26-10-6-3-7-11-26/h4-5,8-9,13H,2-3,6-7,10-12H2,1H3,(H,22,28)(H2,23,24,25,27,29)/t13-/m0/s1. The van der Waals surface area contributed by atoms with Crippen molar-refractivity contribution >= 4 is 29.3 Å². The van der Waals surface area contributed by atoms with Gasteiger partial charge < -0.3 is 20.3 Å². The van der Waals surface area contributed by atoms with Crippen molar-refractivity contribution in [1.82, 2.24) is 9.97 Å². The Bertz CT molecular complexity index is 1010. The van der Waals surface area contributed by atoms with Gasteiger partial charge in [-0.15, -0.1) is 0 Å². The lowest BCUT2D eigenvalue weighted by Crippen LogP contribution is -2.38. The molecule has 9 nitrogen and oxygen atoms in total. The Kier molecular flexibility index (Phi) is 5.69. The van der Waals surface area contributed by atoms with Crippen LogP contribution in [0.1, 0.15) is 44.1 Å². The van der Waals surface area contributed by atoms with Gasteiger partial charge in [-0.3, -0.25) is 19.4 Å². The van der Waals surface area contributed by atoms with Crippen LogP contribution in [0.2, 0.25) is 0 Å². The molecule has 2 aliphatic heterocycles. The number of nitrogens with zero attached hydrogens (tertiary/aromatic N) is 2. The number of anilines is 3. The molecule has 1 saturated heterocycles. The summed E-state index contributed by atoms with van der Waals surface area (Å²) < 4.78 is 5.54. The third kappa shape index (κ3) is 4.00. The van der Waals surface area contributed by atoms with Gasteiger partial charge in [0.05, 0.1) is 23.8 Å². The van der Waals surface area contributed by atoms with Gasteiger partial charge in [0, 0.05) is 19.5 Å². The molecule has 0 saturated carbocycles. The molecule has 1 fully saturated rings. The van der Waals surface area contributed by atoms with Crippen LogP contribution in [-0.2, 0) is 9.59 Å². The van der Waals surface area contributed by atoms with Crippen molar-refractivity contribution in [2.45, 2.75) is 38.5 Å². The summed E-state index contributed by atoms with van der Waals surface area (Å²) in [6, 6.07) is 7.05. The van der Waals surface area contributed by atoms with Crippen LogP contribution in [0.15, 0.2) is 29.1 Å². The van der Waals surface area contributed by atoms with Gasteiger partial charge in [-0.1, -0.05) is 12.1 Å². The number of hydrogen-bond donors (Lipinski definition) is 3. The normalized spacial score (nSPS) is 18.4. The maximum atomic E-state index is 13.0. The van der Waals surface area contributed by atoms with Crippen LogP contribution in [-0.4, -0.2) is 41.5 Å². The fourth-order valence-electron chi connectivity index (χ4n) is 3.91. The Labute approximate surface area is 173 Å². The maximum absolute atomic E-state index is 13.0. The number of para-hydroxylation sites is 2. The van der Waals surface area contributed by atoms with E-state index in [0.717, 1.165) is 32.4 Å². The summed E-state index contributed by atoms with van der Waals surface area (Å²) in [5, 5.41) is 5.46. The van der Waals surface area contributed by atoms with Gasteiger partial charge in [0.15, 0.2) is 0 Å². The van der Waals surface area contributed by atoms with E-state index in [4.69, 9.17) is 4.74 Å². The fraction of sp³-hybridized carbons (Fsp3) is 0.429. The molecule has 1 aromatic heterocycles. The van der Waals surface area contributed by atoms with Crippen LogP contribution in [0, 0.1) is 0 Å². The molecular weight excluding hydrogens is 386 g/mol. The summed E-state index contributed by atoms with van der Waals surface area (Å²) >= 11 is 0. The maximum Gasteiger partial charge on any atom is 0.258 e. The van der Waals surface area contributed by atoms with E-state index in [1.54, 1.807) is 24.3 Å². The second-order valence-electron chi connectivity index (χ2n) is 7.42. The highest BCUT2D eigenvalue weighted by Gasteiger charge is 2.35. The molecule has 158 valence electrons. The quantitative estimate of drug-likeness (QED) is 0.695. The number of hydrogen-bond acceptors (Lipinski definition) is 6. The minimum atomic E-state index is -0.935. The van der Waals surface area contributed by atoms with Crippen molar-refractivity contribution < 1.29 is 14.3 Å². The number of amides is 2. The van der Waals surface area contributed by atoms with Crippen LogP contribution < -0.4 is 25.8 Å². The number of ether oxygens (including phenoxy) is 1. The van der Waals surface area contributed by atoms with Crippen LogP contribution in [0.3, 0.4) is 0 Å². The van der Waals surface area contributed by atoms with Crippen LogP contribution in [0.4, 0.5) is 17.5 Å². The molecule has 0 radical (unpaired) electrons. The van der Waals surface area contributed by atoms with Crippen LogP contribution in [0.5, 0.6) is 5.75 Å². The Morgan fingerprint density at radius 3 is 2.77 bits per heavy atom. The molecule has 0 aliphatic carbocycles. The number of nitrogens with one attached hydrogen (secondary N) is 3. The molecule has 3 heterocycles. The zero-order valence-corrected chi connectivity index (χ0v) is 16.9. The first kappa shape index (κ1) is 19.9. The SMILES string of the molecule is CCOc1ccccc1NC(=O)[C@H]1CC(=O)Nc2nc(N3CCCCC3)[nH]c(=O)c21. The largest absolute Gasteiger partial charge is 0.492 e. The van der Waals surface area contributed by atoms with Crippen molar-refractivity contribution in [3.05, 3.63) is 40.2 Å². The van der Waals surface area contributed by atoms with Crippen molar-refractivity contribution in [2.24, 2.45) is 0 Å². The molecule has 4 rings (SSSR count). The second-order valence-corrected chi connectivity index (χ2v) is 7.42. The molecule has 2 amide bonds. The van der Waals surface area contributed by atoms with Gasteiger partial charge >= 0.3 is 0 Å².